The van der Waals surface area contributed by atoms with Crippen molar-refractivity contribution in [3.8, 4) is 5.75 Å². The fourth-order valence-electron chi connectivity index (χ4n) is 3.66. The molecule has 0 aromatic heterocycles. The molecule has 0 spiro atoms. The van der Waals surface area contributed by atoms with Crippen molar-refractivity contribution >= 4 is 21.6 Å². The zero-order chi connectivity index (χ0) is 22.1. The van der Waals surface area contributed by atoms with Crippen molar-refractivity contribution in [1.82, 2.24) is 0 Å². The Morgan fingerprint density at radius 3 is 2.26 bits per heavy atom. The molecule has 1 aliphatic rings. The summed E-state index contributed by atoms with van der Waals surface area (Å²) in [5.74, 6) is 0.649. The SMILES string of the molecule is COc1ccc(CN2c3ccccc3C=CC2C(F)(F)S(=O)(=O)c2ccccc2)cc1. The molecule has 0 radical (unpaired) electrons. The van der Waals surface area contributed by atoms with Crippen LogP contribution in [0.1, 0.15) is 11.1 Å². The van der Waals surface area contributed by atoms with Crippen LogP contribution in [0, 0.1) is 0 Å². The Hall–Kier alpha value is -3.19. The van der Waals surface area contributed by atoms with Gasteiger partial charge in [0.05, 0.1) is 12.0 Å². The van der Waals surface area contributed by atoms with Crippen molar-refractivity contribution in [1.29, 1.82) is 0 Å². The van der Waals surface area contributed by atoms with Gasteiger partial charge in [-0.1, -0.05) is 60.7 Å². The summed E-state index contributed by atoms with van der Waals surface area (Å²) in [5, 5.41) is -4.05. The van der Waals surface area contributed by atoms with Gasteiger partial charge >= 0.3 is 5.25 Å². The maximum absolute atomic E-state index is 15.6. The molecular weight excluding hydrogens is 420 g/mol. The van der Waals surface area contributed by atoms with E-state index >= 15 is 8.78 Å². The number of anilines is 1. The Bertz CT molecular complexity index is 1190. The number of halogens is 2. The van der Waals surface area contributed by atoms with E-state index in [4.69, 9.17) is 4.74 Å². The van der Waals surface area contributed by atoms with Gasteiger partial charge < -0.3 is 9.64 Å². The topological polar surface area (TPSA) is 46.6 Å². The number of rotatable bonds is 6. The summed E-state index contributed by atoms with van der Waals surface area (Å²) in [4.78, 5) is 1.04. The molecule has 3 aromatic carbocycles. The van der Waals surface area contributed by atoms with E-state index in [2.05, 4.69) is 0 Å². The Kier molecular flexibility index (Phi) is 5.54. The van der Waals surface area contributed by atoms with Crippen molar-refractivity contribution in [2.45, 2.75) is 22.7 Å². The number of fused-ring (bicyclic) bond motifs is 1. The van der Waals surface area contributed by atoms with Crippen LogP contribution in [0.4, 0.5) is 14.5 Å². The highest BCUT2D eigenvalue weighted by atomic mass is 32.2. The number of sulfone groups is 1. The van der Waals surface area contributed by atoms with Crippen molar-refractivity contribution < 1.29 is 21.9 Å². The Labute approximate surface area is 180 Å². The maximum atomic E-state index is 15.6. The predicted octanol–water partition coefficient (Wildman–Crippen LogP) is 5.16. The molecule has 0 N–H and O–H groups in total. The van der Waals surface area contributed by atoms with Crippen molar-refractivity contribution in [3.05, 3.63) is 96.1 Å². The van der Waals surface area contributed by atoms with E-state index < -0.39 is 26.0 Å². The van der Waals surface area contributed by atoms with E-state index in [-0.39, 0.29) is 6.54 Å². The summed E-state index contributed by atoms with van der Waals surface area (Å²) < 4.78 is 62.3. The van der Waals surface area contributed by atoms with Crippen LogP contribution in [0.5, 0.6) is 5.75 Å². The first-order valence-corrected chi connectivity index (χ1v) is 11.2. The van der Waals surface area contributed by atoms with E-state index in [1.165, 1.54) is 35.2 Å². The fraction of sp³-hybridized carbons (Fsp3) is 0.167. The normalized spacial score (nSPS) is 16.1. The molecule has 0 saturated heterocycles. The van der Waals surface area contributed by atoms with E-state index in [0.29, 0.717) is 11.4 Å². The minimum Gasteiger partial charge on any atom is -0.497 e. The van der Waals surface area contributed by atoms with Gasteiger partial charge in [-0.05, 0) is 41.5 Å². The summed E-state index contributed by atoms with van der Waals surface area (Å²) in [6.07, 6.45) is 2.82. The Balaban J connectivity index is 1.77. The molecule has 7 heteroatoms. The highest BCUT2D eigenvalue weighted by molar-refractivity contribution is 7.92. The largest absolute Gasteiger partial charge is 0.497 e. The van der Waals surface area contributed by atoms with Gasteiger partial charge in [-0.2, -0.15) is 8.78 Å². The number of nitrogens with zero attached hydrogens (tertiary/aromatic N) is 1. The second kappa shape index (κ2) is 8.15. The molecule has 0 bridgehead atoms. The van der Waals surface area contributed by atoms with Crippen LogP contribution in [0.3, 0.4) is 0 Å². The second-order valence-electron chi connectivity index (χ2n) is 7.22. The number of ether oxygens (including phenoxy) is 1. The monoisotopic (exact) mass is 441 g/mol. The molecule has 4 nitrogen and oxygen atoms in total. The van der Waals surface area contributed by atoms with E-state index in [9.17, 15) is 8.42 Å². The summed E-state index contributed by atoms with van der Waals surface area (Å²) in [7, 11) is -3.38. The lowest BCUT2D eigenvalue weighted by atomic mass is 10.0. The average Bonchev–Trinajstić information content (AvgIpc) is 2.80. The van der Waals surface area contributed by atoms with Gasteiger partial charge in [0.2, 0.25) is 9.84 Å². The number of benzene rings is 3. The highest BCUT2D eigenvalue weighted by Crippen LogP contribution is 2.41. The van der Waals surface area contributed by atoms with Crippen molar-refractivity contribution in [3.63, 3.8) is 0 Å². The zero-order valence-electron chi connectivity index (χ0n) is 16.8. The molecule has 3 aromatic rings. The van der Waals surface area contributed by atoms with Gasteiger partial charge in [-0.15, -0.1) is 0 Å². The maximum Gasteiger partial charge on any atom is 0.373 e. The Morgan fingerprint density at radius 2 is 1.58 bits per heavy atom. The summed E-state index contributed by atoms with van der Waals surface area (Å²) in [6, 6.07) is 19.3. The lowest BCUT2D eigenvalue weighted by molar-refractivity contribution is 0.0740. The third kappa shape index (κ3) is 3.81. The molecule has 4 rings (SSSR count). The molecular formula is C24H21F2NO3S. The molecule has 0 amide bonds. The van der Waals surface area contributed by atoms with Crippen LogP contribution in [-0.2, 0) is 16.4 Å². The minimum absolute atomic E-state index is 0.107. The molecule has 0 fully saturated rings. The van der Waals surface area contributed by atoms with E-state index in [0.717, 1.165) is 11.1 Å². The molecule has 160 valence electrons. The first kappa shape index (κ1) is 21.1. The zero-order valence-corrected chi connectivity index (χ0v) is 17.6. The first-order chi connectivity index (χ1) is 14.8. The fourth-order valence-corrected chi connectivity index (χ4v) is 5.01. The molecule has 0 aliphatic carbocycles. The van der Waals surface area contributed by atoms with E-state index in [1.807, 2.05) is 12.1 Å². The second-order valence-corrected chi connectivity index (χ2v) is 9.24. The van der Waals surface area contributed by atoms with Gasteiger partial charge in [0.15, 0.2) is 0 Å². The van der Waals surface area contributed by atoms with Crippen LogP contribution in [0.25, 0.3) is 6.08 Å². The van der Waals surface area contributed by atoms with Crippen LogP contribution in [-0.4, -0.2) is 26.8 Å². The summed E-state index contributed by atoms with van der Waals surface area (Å²) in [6.45, 7) is 0.107. The average molecular weight is 441 g/mol. The van der Waals surface area contributed by atoms with Gasteiger partial charge in [0.25, 0.3) is 0 Å². The first-order valence-electron chi connectivity index (χ1n) is 9.69. The van der Waals surface area contributed by atoms with Gasteiger partial charge in [0, 0.05) is 12.2 Å². The predicted molar refractivity (Wildman–Crippen MR) is 117 cm³/mol. The highest BCUT2D eigenvalue weighted by Gasteiger charge is 2.55. The van der Waals surface area contributed by atoms with Crippen LogP contribution in [0.2, 0.25) is 0 Å². The molecule has 1 heterocycles. The molecule has 1 atom stereocenters. The lowest BCUT2D eigenvalue weighted by Gasteiger charge is -2.39. The van der Waals surface area contributed by atoms with E-state index in [1.54, 1.807) is 55.7 Å². The number of alkyl halides is 2. The van der Waals surface area contributed by atoms with Gasteiger partial charge in [0.1, 0.15) is 11.8 Å². The van der Waals surface area contributed by atoms with Crippen LogP contribution >= 0.6 is 0 Å². The van der Waals surface area contributed by atoms with Gasteiger partial charge in [-0.3, -0.25) is 0 Å². The smallest absolute Gasteiger partial charge is 0.373 e. The van der Waals surface area contributed by atoms with Crippen molar-refractivity contribution in [2.24, 2.45) is 0 Å². The molecule has 1 aliphatic heterocycles. The quantitative estimate of drug-likeness (QED) is 0.530. The Morgan fingerprint density at radius 1 is 0.935 bits per heavy atom. The number of para-hydroxylation sites is 1. The summed E-state index contributed by atoms with van der Waals surface area (Å²) >= 11 is 0. The van der Waals surface area contributed by atoms with Gasteiger partial charge in [-0.25, -0.2) is 8.42 Å². The van der Waals surface area contributed by atoms with Crippen molar-refractivity contribution in [2.75, 3.05) is 12.0 Å². The molecule has 1 unspecified atom stereocenters. The number of hydrogen-bond acceptors (Lipinski definition) is 4. The standard InChI is InChI=1S/C24H21F2NO3S/c1-30-20-14-11-18(12-15-20)17-27-22-10-6-5-7-19(22)13-16-23(27)24(25,26)31(28,29)21-8-3-2-4-9-21/h2-16,23H,17H2,1H3. The van der Waals surface area contributed by atoms with Crippen LogP contribution < -0.4 is 9.64 Å². The third-order valence-corrected chi connectivity index (χ3v) is 7.16. The number of hydrogen-bond donors (Lipinski definition) is 0. The summed E-state index contributed by atoms with van der Waals surface area (Å²) in [5.41, 5.74) is 2.05. The minimum atomic E-state index is -4.92. The lowest BCUT2D eigenvalue weighted by Crippen LogP contribution is -2.52. The molecule has 31 heavy (non-hydrogen) atoms. The third-order valence-electron chi connectivity index (χ3n) is 5.31. The number of methoxy groups -OCH3 is 1. The molecule has 0 saturated carbocycles. The van der Waals surface area contributed by atoms with Crippen LogP contribution in [0.15, 0.2) is 89.8 Å².